The maximum Gasteiger partial charge on any atom is 0.300 e. The van der Waals surface area contributed by atoms with Crippen molar-refractivity contribution in [3.8, 4) is 5.75 Å². The maximum atomic E-state index is 14.0. The zero-order valence-corrected chi connectivity index (χ0v) is 17.3. The number of ether oxygens (including phenoxy) is 1. The summed E-state index contributed by atoms with van der Waals surface area (Å²) in [6.45, 7) is 1.74. The molecule has 0 bridgehead atoms. The molecular formula is C25H19F2NO4. The minimum Gasteiger partial charge on any atom is -0.507 e. The third-order valence-corrected chi connectivity index (χ3v) is 5.43. The molecule has 1 amide bonds. The highest BCUT2D eigenvalue weighted by molar-refractivity contribution is 6.51. The molecule has 0 radical (unpaired) electrons. The van der Waals surface area contributed by atoms with E-state index in [0.29, 0.717) is 22.4 Å². The monoisotopic (exact) mass is 435 g/mol. The number of aliphatic hydroxyl groups is 1. The van der Waals surface area contributed by atoms with Crippen LogP contribution in [0.15, 0.2) is 72.3 Å². The first-order valence-electron chi connectivity index (χ1n) is 9.79. The minimum absolute atomic E-state index is 0.00496. The molecule has 1 aliphatic rings. The fourth-order valence-corrected chi connectivity index (χ4v) is 3.86. The van der Waals surface area contributed by atoms with Crippen LogP contribution in [0, 0.1) is 18.6 Å². The first-order valence-corrected chi connectivity index (χ1v) is 9.79. The van der Waals surface area contributed by atoms with Gasteiger partial charge in [-0.1, -0.05) is 30.3 Å². The summed E-state index contributed by atoms with van der Waals surface area (Å²) in [5.41, 5.74) is 1.39. The number of ketones is 1. The van der Waals surface area contributed by atoms with Crippen molar-refractivity contribution in [3.05, 3.63) is 101 Å². The van der Waals surface area contributed by atoms with E-state index in [1.165, 1.54) is 13.2 Å². The molecule has 1 saturated heterocycles. The summed E-state index contributed by atoms with van der Waals surface area (Å²) in [6.07, 6.45) is 0. The average molecular weight is 435 g/mol. The predicted octanol–water partition coefficient (Wildman–Crippen LogP) is 4.91. The molecule has 1 unspecified atom stereocenters. The van der Waals surface area contributed by atoms with Crippen LogP contribution in [-0.2, 0) is 9.59 Å². The number of carbonyl (C=O) groups excluding carboxylic acids is 2. The van der Waals surface area contributed by atoms with Gasteiger partial charge in [-0.25, -0.2) is 8.78 Å². The molecule has 4 rings (SSSR count). The Bertz CT molecular complexity index is 1250. The van der Waals surface area contributed by atoms with Crippen molar-refractivity contribution in [3.63, 3.8) is 0 Å². The van der Waals surface area contributed by atoms with E-state index in [1.54, 1.807) is 55.5 Å². The van der Waals surface area contributed by atoms with Gasteiger partial charge >= 0.3 is 0 Å². The molecule has 1 atom stereocenters. The Hall–Kier alpha value is -4.00. The molecule has 7 heteroatoms. The SMILES string of the molecule is COc1ccc(/C(O)=C2\C(=O)C(=O)N(c3ccc(F)c(F)c3)C2c2ccccc2)c(C)c1. The van der Waals surface area contributed by atoms with E-state index >= 15 is 0 Å². The Balaban J connectivity index is 1.95. The zero-order valence-electron chi connectivity index (χ0n) is 17.3. The first kappa shape index (κ1) is 21.2. The lowest BCUT2D eigenvalue weighted by Gasteiger charge is -2.25. The first-order chi connectivity index (χ1) is 15.3. The van der Waals surface area contributed by atoms with Gasteiger partial charge in [0.2, 0.25) is 0 Å². The number of Topliss-reactive ketones (excluding diaryl/α,β-unsaturated/α-hetero) is 1. The number of nitrogens with zero attached hydrogens (tertiary/aromatic N) is 1. The zero-order chi connectivity index (χ0) is 23.0. The van der Waals surface area contributed by atoms with Gasteiger partial charge in [0.1, 0.15) is 11.5 Å². The minimum atomic E-state index is -1.15. The fourth-order valence-electron chi connectivity index (χ4n) is 3.86. The van der Waals surface area contributed by atoms with E-state index in [9.17, 15) is 23.5 Å². The highest BCUT2D eigenvalue weighted by atomic mass is 19.2. The van der Waals surface area contributed by atoms with E-state index < -0.39 is 29.4 Å². The molecule has 1 fully saturated rings. The predicted molar refractivity (Wildman–Crippen MR) is 115 cm³/mol. The number of hydrogen-bond acceptors (Lipinski definition) is 4. The summed E-state index contributed by atoms with van der Waals surface area (Å²) in [5.74, 6) is -3.88. The van der Waals surface area contributed by atoms with Gasteiger partial charge < -0.3 is 9.84 Å². The number of hydrogen-bond donors (Lipinski definition) is 1. The quantitative estimate of drug-likeness (QED) is 0.359. The number of rotatable bonds is 4. The fraction of sp³-hybridized carbons (Fsp3) is 0.120. The van der Waals surface area contributed by atoms with Crippen LogP contribution in [-0.4, -0.2) is 23.9 Å². The Morgan fingerprint density at radius 3 is 2.31 bits per heavy atom. The summed E-state index contributed by atoms with van der Waals surface area (Å²) >= 11 is 0. The van der Waals surface area contributed by atoms with E-state index in [4.69, 9.17) is 4.74 Å². The normalized spacial score (nSPS) is 17.6. The van der Waals surface area contributed by atoms with Gasteiger partial charge in [-0.05, 0) is 48.4 Å². The Kier molecular flexibility index (Phi) is 5.48. The van der Waals surface area contributed by atoms with Crippen LogP contribution in [0.4, 0.5) is 14.5 Å². The van der Waals surface area contributed by atoms with Crippen LogP contribution in [0.2, 0.25) is 0 Å². The maximum absolute atomic E-state index is 14.0. The van der Waals surface area contributed by atoms with Gasteiger partial charge in [-0.2, -0.15) is 0 Å². The summed E-state index contributed by atoms with van der Waals surface area (Å²) in [5, 5.41) is 11.2. The topological polar surface area (TPSA) is 66.8 Å². The smallest absolute Gasteiger partial charge is 0.300 e. The number of methoxy groups -OCH3 is 1. The molecule has 162 valence electrons. The second-order valence-electron chi connectivity index (χ2n) is 7.36. The van der Waals surface area contributed by atoms with Crippen molar-refractivity contribution < 1.29 is 28.2 Å². The van der Waals surface area contributed by atoms with Crippen LogP contribution in [0.25, 0.3) is 5.76 Å². The van der Waals surface area contributed by atoms with Gasteiger partial charge in [0.05, 0.1) is 18.7 Å². The third-order valence-electron chi connectivity index (χ3n) is 5.43. The van der Waals surface area contributed by atoms with Gasteiger partial charge in [-0.3, -0.25) is 14.5 Å². The Labute approximate surface area is 183 Å². The summed E-state index contributed by atoms with van der Waals surface area (Å²) in [4.78, 5) is 27.2. The lowest BCUT2D eigenvalue weighted by Crippen LogP contribution is -2.29. The van der Waals surface area contributed by atoms with Crippen LogP contribution in [0.5, 0.6) is 5.75 Å². The van der Waals surface area contributed by atoms with Crippen LogP contribution in [0.3, 0.4) is 0 Å². The number of anilines is 1. The standard InChI is InChI=1S/C25H19F2NO4/c1-14-12-17(32-2)9-10-18(14)23(29)21-22(15-6-4-3-5-7-15)28(25(31)24(21)30)16-8-11-19(26)20(27)13-16/h3-13,22,29H,1-2H3/b23-21+. The highest BCUT2D eigenvalue weighted by Gasteiger charge is 2.47. The van der Waals surface area contributed by atoms with Crippen molar-refractivity contribution in [2.24, 2.45) is 0 Å². The molecule has 3 aromatic carbocycles. The number of aliphatic hydroxyl groups excluding tert-OH is 1. The molecule has 1 heterocycles. The van der Waals surface area contributed by atoms with Crippen LogP contribution < -0.4 is 9.64 Å². The lowest BCUT2D eigenvalue weighted by molar-refractivity contribution is -0.132. The molecule has 0 spiro atoms. The van der Waals surface area contributed by atoms with Gasteiger partial charge in [-0.15, -0.1) is 0 Å². The van der Waals surface area contributed by atoms with Crippen LogP contribution in [0.1, 0.15) is 22.7 Å². The average Bonchev–Trinajstić information content (AvgIpc) is 3.06. The van der Waals surface area contributed by atoms with E-state index in [2.05, 4.69) is 0 Å². The molecule has 3 aromatic rings. The van der Waals surface area contributed by atoms with E-state index in [0.717, 1.165) is 17.0 Å². The van der Waals surface area contributed by atoms with E-state index in [-0.39, 0.29) is 17.0 Å². The number of aryl methyl sites for hydroxylation is 1. The molecule has 1 N–H and O–H groups in total. The molecule has 0 aliphatic carbocycles. The second-order valence-corrected chi connectivity index (χ2v) is 7.36. The highest BCUT2D eigenvalue weighted by Crippen LogP contribution is 2.42. The van der Waals surface area contributed by atoms with Crippen molar-refractivity contribution >= 4 is 23.1 Å². The second kappa shape index (κ2) is 8.26. The van der Waals surface area contributed by atoms with E-state index in [1.807, 2.05) is 0 Å². The molecular weight excluding hydrogens is 416 g/mol. The summed E-state index contributed by atoms with van der Waals surface area (Å²) < 4.78 is 32.7. The third kappa shape index (κ3) is 3.51. The Morgan fingerprint density at radius 2 is 1.69 bits per heavy atom. The molecule has 32 heavy (non-hydrogen) atoms. The lowest BCUT2D eigenvalue weighted by atomic mass is 9.93. The van der Waals surface area contributed by atoms with Crippen molar-refractivity contribution in [2.45, 2.75) is 13.0 Å². The number of halogens is 2. The van der Waals surface area contributed by atoms with Crippen molar-refractivity contribution in [1.82, 2.24) is 0 Å². The summed E-state index contributed by atoms with van der Waals surface area (Å²) in [7, 11) is 1.51. The number of amides is 1. The van der Waals surface area contributed by atoms with Crippen molar-refractivity contribution in [1.29, 1.82) is 0 Å². The molecule has 0 saturated carbocycles. The molecule has 5 nitrogen and oxygen atoms in total. The largest absolute Gasteiger partial charge is 0.507 e. The van der Waals surface area contributed by atoms with Gasteiger partial charge in [0.15, 0.2) is 11.6 Å². The van der Waals surface area contributed by atoms with Gasteiger partial charge in [0, 0.05) is 17.3 Å². The molecule has 1 aliphatic heterocycles. The van der Waals surface area contributed by atoms with Crippen LogP contribution >= 0.6 is 0 Å². The Morgan fingerprint density at radius 1 is 0.969 bits per heavy atom. The van der Waals surface area contributed by atoms with Crippen molar-refractivity contribution in [2.75, 3.05) is 12.0 Å². The molecule has 0 aromatic heterocycles. The number of carbonyl (C=O) groups is 2. The summed E-state index contributed by atoms with van der Waals surface area (Å²) in [6, 6.07) is 15.4. The van der Waals surface area contributed by atoms with Gasteiger partial charge in [0.25, 0.3) is 11.7 Å². The number of benzene rings is 3.